The molecule has 3 heteroatoms. The molecule has 0 radical (unpaired) electrons. The van der Waals surface area contributed by atoms with Crippen LogP contribution in [0.4, 0.5) is 0 Å². The first-order chi connectivity index (χ1) is 12.7. The molecule has 0 aromatic heterocycles. The summed E-state index contributed by atoms with van der Waals surface area (Å²) in [5, 5.41) is 12.1. The van der Waals surface area contributed by atoms with Crippen molar-refractivity contribution in [1.82, 2.24) is 5.32 Å². The number of nitrogens with one attached hydrogen (secondary N) is 1. The molecule has 0 unspecified atom stereocenters. The number of allylic oxidation sites excluding steroid dienone is 8. The van der Waals surface area contributed by atoms with Gasteiger partial charge in [0.1, 0.15) is 0 Å². The second-order valence-electron chi connectivity index (χ2n) is 6.63. The molecule has 0 aliphatic heterocycles. The predicted molar refractivity (Wildman–Crippen MR) is 121 cm³/mol. The van der Waals surface area contributed by atoms with E-state index in [1.807, 2.05) is 6.92 Å². The van der Waals surface area contributed by atoms with E-state index in [1.54, 1.807) is 0 Å². The van der Waals surface area contributed by atoms with Crippen molar-refractivity contribution in [2.24, 2.45) is 0 Å². The average molecular weight is 378 g/mol. The van der Waals surface area contributed by atoms with Crippen molar-refractivity contribution in [3.63, 3.8) is 0 Å². The third-order valence-electron chi connectivity index (χ3n) is 3.91. The Labute approximate surface area is 167 Å². The van der Waals surface area contributed by atoms with Gasteiger partial charge in [-0.25, -0.2) is 0 Å². The number of hydrogen-bond donors (Lipinski definition) is 2. The monoisotopic (exact) mass is 377 g/mol. The maximum atomic E-state index is 8.96. The van der Waals surface area contributed by atoms with Gasteiger partial charge in [0.2, 0.25) is 0 Å². The number of aliphatic hydroxyl groups is 1. The highest BCUT2D eigenvalue weighted by Crippen LogP contribution is 2.02. The molecule has 148 valence electrons. The van der Waals surface area contributed by atoms with Crippen LogP contribution in [0.5, 0.6) is 0 Å². The van der Waals surface area contributed by atoms with Crippen LogP contribution in [0.25, 0.3) is 0 Å². The Hall–Kier alpha value is -1.19. The number of aliphatic hydroxyl groups excluding tert-OH is 1. The highest BCUT2D eigenvalue weighted by molar-refractivity contribution is 7.80. The van der Waals surface area contributed by atoms with Gasteiger partial charge in [0, 0.05) is 6.04 Å². The fourth-order valence-corrected chi connectivity index (χ4v) is 2.68. The molecule has 0 amide bonds. The maximum Gasteiger partial charge on any atom is 0.0756 e. The summed E-state index contributed by atoms with van der Waals surface area (Å²) in [6, 6.07) is 0.0547. The molecular weight excluding hydrogens is 338 g/mol. The van der Waals surface area contributed by atoms with Gasteiger partial charge < -0.3 is 10.4 Å². The molecule has 0 saturated carbocycles. The van der Waals surface area contributed by atoms with Gasteiger partial charge in [0.05, 0.1) is 11.6 Å². The lowest BCUT2D eigenvalue weighted by Gasteiger charge is -2.12. The van der Waals surface area contributed by atoms with Gasteiger partial charge in [-0.05, 0) is 58.3 Å². The van der Waals surface area contributed by atoms with Gasteiger partial charge in [0.15, 0.2) is 0 Å². The lowest BCUT2D eigenvalue weighted by Crippen LogP contribution is -2.33. The van der Waals surface area contributed by atoms with Crippen LogP contribution in [-0.2, 0) is 0 Å². The molecule has 0 bridgehead atoms. The molecule has 0 aromatic carbocycles. The second-order valence-corrected chi connectivity index (χ2v) is 7.12. The van der Waals surface area contributed by atoms with E-state index in [0.29, 0.717) is 0 Å². The number of unbranched alkanes of at least 4 members (excludes halogenated alkanes) is 4. The molecule has 0 heterocycles. The Morgan fingerprint density at radius 3 is 1.85 bits per heavy atom. The van der Waals surface area contributed by atoms with Crippen molar-refractivity contribution in [1.29, 1.82) is 0 Å². The molecule has 1 atom stereocenters. The third kappa shape index (κ3) is 19.1. The van der Waals surface area contributed by atoms with Crippen LogP contribution in [0.3, 0.4) is 0 Å². The first-order valence-electron chi connectivity index (χ1n) is 10.2. The van der Waals surface area contributed by atoms with Crippen molar-refractivity contribution >= 4 is 17.2 Å². The van der Waals surface area contributed by atoms with Crippen LogP contribution in [0.15, 0.2) is 48.6 Å². The summed E-state index contributed by atoms with van der Waals surface area (Å²) in [6.07, 6.45) is 29.2. The molecule has 0 aliphatic carbocycles. The standard InChI is InChI=1S/C23H39NOS/c1-3-4-5-6-7-8-9-10-11-12-13-14-15-16-17-18-19-20-23(26)24-22(2)21-25/h7-8,10-11,13-14,16-17,22,25H,3-6,9,12,15,18-21H2,1-2H3,(H,24,26)/b8-7-,11-10-,14-13-,17-16-/t22-/m1/s1. The Bertz CT molecular complexity index is 437. The summed E-state index contributed by atoms with van der Waals surface area (Å²) in [5.74, 6) is 0. The lowest BCUT2D eigenvalue weighted by molar-refractivity contribution is 0.264. The molecule has 0 rings (SSSR count). The van der Waals surface area contributed by atoms with Crippen molar-refractivity contribution in [3.8, 4) is 0 Å². The zero-order valence-corrected chi connectivity index (χ0v) is 17.6. The van der Waals surface area contributed by atoms with Gasteiger partial charge >= 0.3 is 0 Å². The molecule has 0 aromatic rings. The van der Waals surface area contributed by atoms with Crippen LogP contribution in [0.2, 0.25) is 0 Å². The second kappa shape index (κ2) is 20.1. The van der Waals surface area contributed by atoms with Crippen molar-refractivity contribution in [3.05, 3.63) is 48.6 Å². The smallest absolute Gasteiger partial charge is 0.0756 e. The van der Waals surface area contributed by atoms with Gasteiger partial charge in [-0.1, -0.05) is 80.6 Å². The summed E-state index contributed by atoms with van der Waals surface area (Å²) in [7, 11) is 0. The minimum atomic E-state index is 0.0547. The van der Waals surface area contributed by atoms with Crippen LogP contribution < -0.4 is 5.32 Å². The van der Waals surface area contributed by atoms with Crippen molar-refractivity contribution in [2.45, 2.75) is 84.1 Å². The van der Waals surface area contributed by atoms with E-state index < -0.39 is 0 Å². The number of rotatable bonds is 16. The van der Waals surface area contributed by atoms with E-state index in [-0.39, 0.29) is 12.6 Å². The molecule has 26 heavy (non-hydrogen) atoms. The van der Waals surface area contributed by atoms with Crippen LogP contribution >= 0.6 is 12.2 Å². The van der Waals surface area contributed by atoms with Crippen LogP contribution in [-0.4, -0.2) is 22.7 Å². The average Bonchev–Trinajstić information content (AvgIpc) is 2.64. The quantitative estimate of drug-likeness (QED) is 0.185. The summed E-state index contributed by atoms with van der Waals surface area (Å²) >= 11 is 5.24. The molecule has 2 nitrogen and oxygen atoms in total. The van der Waals surface area contributed by atoms with E-state index in [9.17, 15) is 0 Å². The Kier molecular flexibility index (Phi) is 19.2. The predicted octanol–water partition coefficient (Wildman–Crippen LogP) is 6.43. The Morgan fingerprint density at radius 2 is 1.35 bits per heavy atom. The van der Waals surface area contributed by atoms with Crippen LogP contribution in [0.1, 0.15) is 78.1 Å². The van der Waals surface area contributed by atoms with Gasteiger partial charge in [-0.2, -0.15) is 0 Å². The SMILES string of the molecule is CCCCC/C=C\C/C=C\C/C=C\C/C=C\CCCC(=S)N[C@H](C)CO. The maximum absolute atomic E-state index is 8.96. The number of hydrogen-bond acceptors (Lipinski definition) is 2. The zero-order valence-electron chi connectivity index (χ0n) is 16.8. The van der Waals surface area contributed by atoms with Gasteiger partial charge in [-0.15, -0.1) is 0 Å². The van der Waals surface area contributed by atoms with E-state index in [2.05, 4.69) is 60.8 Å². The molecule has 0 spiro atoms. The Balaban J connectivity index is 3.50. The Morgan fingerprint density at radius 1 is 0.846 bits per heavy atom. The first kappa shape index (κ1) is 24.8. The van der Waals surface area contributed by atoms with E-state index in [4.69, 9.17) is 17.3 Å². The minimum absolute atomic E-state index is 0.0547. The van der Waals surface area contributed by atoms with E-state index >= 15 is 0 Å². The van der Waals surface area contributed by atoms with E-state index in [1.165, 1.54) is 25.7 Å². The topological polar surface area (TPSA) is 32.3 Å². The highest BCUT2D eigenvalue weighted by Gasteiger charge is 2.01. The molecule has 0 aliphatic rings. The van der Waals surface area contributed by atoms with Crippen molar-refractivity contribution in [2.75, 3.05) is 6.61 Å². The van der Waals surface area contributed by atoms with Crippen LogP contribution in [0, 0.1) is 0 Å². The molecule has 0 saturated heterocycles. The van der Waals surface area contributed by atoms with E-state index in [0.717, 1.165) is 43.5 Å². The summed E-state index contributed by atoms with van der Waals surface area (Å²) in [4.78, 5) is 0.849. The van der Waals surface area contributed by atoms with Gasteiger partial charge in [0.25, 0.3) is 0 Å². The molecular formula is C23H39NOS. The third-order valence-corrected chi connectivity index (χ3v) is 4.24. The zero-order chi connectivity index (χ0) is 19.3. The molecule has 2 N–H and O–H groups in total. The lowest BCUT2D eigenvalue weighted by atomic mass is 10.2. The first-order valence-corrected chi connectivity index (χ1v) is 10.6. The van der Waals surface area contributed by atoms with Gasteiger partial charge in [-0.3, -0.25) is 0 Å². The summed E-state index contributed by atoms with van der Waals surface area (Å²) < 4.78 is 0. The fraction of sp³-hybridized carbons (Fsp3) is 0.609. The highest BCUT2D eigenvalue weighted by atomic mass is 32.1. The minimum Gasteiger partial charge on any atom is -0.394 e. The fourth-order valence-electron chi connectivity index (χ4n) is 2.33. The summed E-state index contributed by atoms with van der Waals surface area (Å²) in [6.45, 7) is 4.29. The number of thiocarbonyl (C=S) groups is 1. The van der Waals surface area contributed by atoms with Crippen molar-refractivity contribution < 1.29 is 5.11 Å². The normalized spacial score (nSPS) is 13.5. The molecule has 0 fully saturated rings. The largest absolute Gasteiger partial charge is 0.394 e. The summed E-state index contributed by atoms with van der Waals surface area (Å²) in [5.41, 5.74) is 0.